The molecule has 17 heavy (non-hydrogen) atoms. The molecule has 0 aliphatic carbocycles. The summed E-state index contributed by atoms with van der Waals surface area (Å²) in [7, 11) is 0. The Balaban J connectivity index is 1.98. The molecule has 3 heteroatoms. The van der Waals surface area contributed by atoms with Crippen molar-refractivity contribution in [3.63, 3.8) is 0 Å². The topological polar surface area (TPSA) is 29.5 Å². The van der Waals surface area contributed by atoms with Gasteiger partial charge in [0.25, 0.3) is 0 Å². The number of benzene rings is 1. The zero-order chi connectivity index (χ0) is 12.1. The van der Waals surface area contributed by atoms with Gasteiger partial charge in [-0.3, -0.25) is 0 Å². The van der Waals surface area contributed by atoms with Crippen molar-refractivity contribution in [1.29, 1.82) is 0 Å². The van der Waals surface area contributed by atoms with Gasteiger partial charge in [-0.15, -0.1) is 11.3 Å². The van der Waals surface area contributed by atoms with E-state index in [-0.39, 0.29) is 6.61 Å². The number of hydrogen-bond donors (Lipinski definition) is 1. The molecule has 0 amide bonds. The van der Waals surface area contributed by atoms with Crippen molar-refractivity contribution >= 4 is 11.3 Å². The highest BCUT2D eigenvalue weighted by Gasteiger charge is 2.06. The molecule has 2 rings (SSSR count). The summed E-state index contributed by atoms with van der Waals surface area (Å²) in [6.45, 7) is 2.67. The van der Waals surface area contributed by atoms with E-state index < -0.39 is 0 Å². The first-order chi connectivity index (χ1) is 8.31. The number of aliphatic hydroxyl groups excluding tert-OH is 1. The Morgan fingerprint density at radius 3 is 2.82 bits per heavy atom. The summed E-state index contributed by atoms with van der Waals surface area (Å²) in [6.07, 6.45) is 0.914. The Morgan fingerprint density at radius 2 is 2.12 bits per heavy atom. The van der Waals surface area contributed by atoms with Crippen molar-refractivity contribution in [2.75, 3.05) is 6.61 Å². The maximum absolute atomic E-state index is 9.25. The fourth-order valence-electron chi connectivity index (χ4n) is 1.75. The van der Waals surface area contributed by atoms with Crippen LogP contribution in [0.4, 0.5) is 0 Å². The second-order valence-corrected chi connectivity index (χ2v) is 4.93. The molecule has 2 aromatic rings. The molecule has 0 spiro atoms. The van der Waals surface area contributed by atoms with Crippen LogP contribution in [0.15, 0.2) is 35.7 Å². The van der Waals surface area contributed by atoms with Crippen molar-refractivity contribution in [2.24, 2.45) is 0 Å². The number of ether oxygens (including phenoxy) is 1. The lowest BCUT2D eigenvalue weighted by Gasteiger charge is -2.12. The van der Waals surface area contributed by atoms with Crippen molar-refractivity contribution in [2.45, 2.75) is 20.0 Å². The van der Waals surface area contributed by atoms with E-state index >= 15 is 0 Å². The lowest BCUT2D eigenvalue weighted by molar-refractivity contribution is 0.263. The van der Waals surface area contributed by atoms with Crippen molar-refractivity contribution < 1.29 is 9.84 Å². The van der Waals surface area contributed by atoms with Crippen molar-refractivity contribution in [1.82, 2.24) is 0 Å². The summed E-state index contributed by atoms with van der Waals surface area (Å²) in [5, 5.41) is 11.3. The second kappa shape index (κ2) is 5.84. The van der Waals surface area contributed by atoms with Crippen LogP contribution in [0, 0.1) is 6.92 Å². The Hall–Kier alpha value is -1.32. The SMILES string of the molecule is Cc1cccc(CO)c1OCCc1cccs1. The normalized spacial score (nSPS) is 10.5. The van der Waals surface area contributed by atoms with Crippen LogP contribution >= 0.6 is 11.3 Å². The first-order valence-corrected chi connectivity index (χ1v) is 6.53. The Morgan fingerprint density at radius 1 is 1.24 bits per heavy atom. The van der Waals surface area contributed by atoms with Crippen molar-refractivity contribution in [3.8, 4) is 5.75 Å². The van der Waals surface area contributed by atoms with Crippen LogP contribution in [0.1, 0.15) is 16.0 Å². The van der Waals surface area contributed by atoms with Gasteiger partial charge in [-0.25, -0.2) is 0 Å². The van der Waals surface area contributed by atoms with E-state index in [1.807, 2.05) is 31.2 Å². The lowest BCUT2D eigenvalue weighted by atomic mass is 10.1. The zero-order valence-corrected chi connectivity index (χ0v) is 10.7. The van der Waals surface area contributed by atoms with Crippen LogP contribution < -0.4 is 4.74 Å². The van der Waals surface area contributed by atoms with E-state index in [1.54, 1.807) is 11.3 Å². The zero-order valence-electron chi connectivity index (χ0n) is 9.85. The van der Waals surface area contributed by atoms with Gasteiger partial charge in [0.1, 0.15) is 5.75 Å². The quantitative estimate of drug-likeness (QED) is 0.880. The van der Waals surface area contributed by atoms with Crippen LogP contribution in [0.5, 0.6) is 5.75 Å². The molecular formula is C14H16O2S. The third-order valence-electron chi connectivity index (χ3n) is 2.64. The van der Waals surface area contributed by atoms with E-state index in [0.29, 0.717) is 6.61 Å². The molecule has 0 bridgehead atoms. The van der Waals surface area contributed by atoms with Crippen LogP contribution in [-0.2, 0) is 13.0 Å². The maximum Gasteiger partial charge on any atom is 0.127 e. The predicted octanol–water partition coefficient (Wildman–Crippen LogP) is 3.17. The summed E-state index contributed by atoms with van der Waals surface area (Å²) >= 11 is 1.74. The van der Waals surface area contributed by atoms with E-state index in [1.165, 1.54) is 4.88 Å². The molecule has 1 heterocycles. The first kappa shape index (κ1) is 12.1. The predicted molar refractivity (Wildman–Crippen MR) is 70.6 cm³/mol. The van der Waals surface area contributed by atoms with Crippen molar-refractivity contribution in [3.05, 3.63) is 51.7 Å². The lowest BCUT2D eigenvalue weighted by Crippen LogP contribution is -2.04. The van der Waals surface area contributed by atoms with Crippen LogP contribution in [0.3, 0.4) is 0 Å². The molecular weight excluding hydrogens is 232 g/mol. The number of aliphatic hydroxyl groups is 1. The summed E-state index contributed by atoms with van der Waals surface area (Å²) in [5.74, 6) is 0.826. The van der Waals surface area contributed by atoms with E-state index in [9.17, 15) is 5.11 Å². The summed E-state index contributed by atoms with van der Waals surface area (Å²) in [4.78, 5) is 1.32. The molecule has 0 unspecified atom stereocenters. The molecule has 90 valence electrons. The van der Waals surface area contributed by atoms with Gasteiger partial charge in [-0.2, -0.15) is 0 Å². The average Bonchev–Trinajstić information content (AvgIpc) is 2.84. The summed E-state index contributed by atoms with van der Waals surface area (Å²) < 4.78 is 5.78. The fraction of sp³-hybridized carbons (Fsp3) is 0.286. The Bertz CT molecular complexity index is 463. The smallest absolute Gasteiger partial charge is 0.127 e. The summed E-state index contributed by atoms with van der Waals surface area (Å²) in [6, 6.07) is 9.99. The molecule has 0 saturated carbocycles. The second-order valence-electron chi connectivity index (χ2n) is 3.90. The minimum Gasteiger partial charge on any atom is -0.493 e. The highest BCUT2D eigenvalue weighted by atomic mass is 32.1. The van der Waals surface area contributed by atoms with Gasteiger partial charge in [-0.05, 0) is 23.9 Å². The van der Waals surface area contributed by atoms with E-state index in [2.05, 4.69) is 11.4 Å². The molecule has 2 nitrogen and oxygen atoms in total. The van der Waals surface area contributed by atoms with Gasteiger partial charge < -0.3 is 9.84 Å². The molecule has 0 radical (unpaired) electrons. The van der Waals surface area contributed by atoms with Gasteiger partial charge in [0.05, 0.1) is 13.2 Å². The van der Waals surface area contributed by atoms with Gasteiger partial charge in [0.2, 0.25) is 0 Å². The third-order valence-corrected chi connectivity index (χ3v) is 3.57. The van der Waals surface area contributed by atoms with Crippen LogP contribution in [0.25, 0.3) is 0 Å². The van der Waals surface area contributed by atoms with Gasteiger partial charge in [0.15, 0.2) is 0 Å². The molecule has 0 fully saturated rings. The molecule has 0 aliphatic rings. The molecule has 1 N–H and O–H groups in total. The number of hydrogen-bond acceptors (Lipinski definition) is 3. The minimum atomic E-state index is 0.0238. The molecule has 0 saturated heterocycles. The first-order valence-electron chi connectivity index (χ1n) is 5.66. The minimum absolute atomic E-state index is 0.0238. The van der Waals surface area contributed by atoms with Gasteiger partial charge in [0, 0.05) is 16.9 Å². The van der Waals surface area contributed by atoms with Gasteiger partial charge in [-0.1, -0.05) is 24.3 Å². The molecule has 0 atom stereocenters. The summed E-state index contributed by atoms with van der Waals surface area (Å²) in [5.41, 5.74) is 1.93. The van der Waals surface area contributed by atoms with Crippen LogP contribution in [0.2, 0.25) is 0 Å². The number of rotatable bonds is 5. The van der Waals surface area contributed by atoms with E-state index in [4.69, 9.17) is 4.74 Å². The Kier molecular flexibility index (Phi) is 4.18. The van der Waals surface area contributed by atoms with Gasteiger partial charge >= 0.3 is 0 Å². The number of thiophene rings is 1. The maximum atomic E-state index is 9.25. The average molecular weight is 248 g/mol. The standard InChI is InChI=1S/C14H16O2S/c1-11-4-2-5-12(10-15)14(11)16-8-7-13-6-3-9-17-13/h2-6,9,15H,7-8,10H2,1H3. The number of para-hydroxylation sites is 1. The van der Waals surface area contributed by atoms with E-state index in [0.717, 1.165) is 23.3 Å². The largest absolute Gasteiger partial charge is 0.493 e. The number of aryl methyl sites for hydroxylation is 1. The van der Waals surface area contributed by atoms with Crippen LogP contribution in [-0.4, -0.2) is 11.7 Å². The fourth-order valence-corrected chi connectivity index (χ4v) is 2.44. The Labute approximate surface area is 105 Å². The monoisotopic (exact) mass is 248 g/mol. The molecule has 1 aromatic heterocycles. The molecule has 1 aromatic carbocycles. The molecule has 0 aliphatic heterocycles. The highest BCUT2D eigenvalue weighted by Crippen LogP contribution is 2.23. The third kappa shape index (κ3) is 3.08. The highest BCUT2D eigenvalue weighted by molar-refractivity contribution is 7.09.